The van der Waals surface area contributed by atoms with Crippen LogP contribution in [0.4, 0.5) is 0 Å². The number of benzene rings is 2. The fourth-order valence-electron chi connectivity index (χ4n) is 2.30. The predicted octanol–water partition coefficient (Wildman–Crippen LogP) is 1.89. The maximum atomic E-state index is 11.0. The third kappa shape index (κ3) is 6.38. The summed E-state index contributed by atoms with van der Waals surface area (Å²) in [4.78, 5) is 11.0. The van der Waals surface area contributed by atoms with Crippen molar-refractivity contribution in [2.45, 2.75) is 26.0 Å². The van der Waals surface area contributed by atoms with E-state index in [0.29, 0.717) is 24.5 Å². The van der Waals surface area contributed by atoms with Crippen LogP contribution in [-0.2, 0) is 0 Å². The van der Waals surface area contributed by atoms with Crippen LogP contribution in [0.1, 0.15) is 22.8 Å². The van der Waals surface area contributed by atoms with Crippen molar-refractivity contribution in [1.82, 2.24) is 5.32 Å². The Balaban J connectivity index is 1.66. The summed E-state index contributed by atoms with van der Waals surface area (Å²) in [5.41, 5.74) is 6.68. The first kappa shape index (κ1) is 19.8. The molecule has 0 fully saturated rings. The van der Waals surface area contributed by atoms with E-state index < -0.39 is 12.0 Å². The molecule has 6 heteroatoms. The first-order valence-electron chi connectivity index (χ1n) is 8.58. The molecular formula is C20H26N2O4. The molecule has 0 aliphatic rings. The molecule has 0 unspecified atom stereocenters. The summed E-state index contributed by atoms with van der Waals surface area (Å²) in [6.07, 6.45) is -0.619. The second-order valence-corrected chi connectivity index (χ2v) is 6.24. The highest BCUT2D eigenvalue weighted by atomic mass is 16.5. The van der Waals surface area contributed by atoms with Gasteiger partial charge in [-0.25, -0.2) is 0 Å². The molecule has 0 saturated carbocycles. The highest BCUT2D eigenvalue weighted by Gasteiger charge is 2.10. The molecule has 140 valence electrons. The lowest BCUT2D eigenvalue weighted by Crippen LogP contribution is -2.39. The normalized spacial score (nSPS) is 13.0. The van der Waals surface area contributed by atoms with E-state index >= 15 is 0 Å². The molecule has 6 nitrogen and oxygen atoms in total. The third-order valence-corrected chi connectivity index (χ3v) is 3.87. The summed E-state index contributed by atoms with van der Waals surface area (Å²) < 4.78 is 11.3. The minimum absolute atomic E-state index is 0.0407. The van der Waals surface area contributed by atoms with Gasteiger partial charge in [0.05, 0.1) is 0 Å². The smallest absolute Gasteiger partial charge is 0.248 e. The van der Waals surface area contributed by atoms with Gasteiger partial charge in [-0.3, -0.25) is 4.79 Å². The number of carbonyl (C=O) groups excluding carboxylic acids is 1. The average molecular weight is 358 g/mol. The molecule has 2 rings (SSSR count). The number of aliphatic hydroxyl groups excluding tert-OH is 1. The van der Waals surface area contributed by atoms with Crippen molar-refractivity contribution in [3.8, 4) is 11.5 Å². The summed E-state index contributed by atoms with van der Waals surface area (Å²) in [5, 5.41) is 13.2. The van der Waals surface area contributed by atoms with E-state index in [-0.39, 0.29) is 12.6 Å². The minimum atomic E-state index is -0.619. The van der Waals surface area contributed by atoms with Crippen molar-refractivity contribution < 1.29 is 19.4 Å². The first-order valence-corrected chi connectivity index (χ1v) is 8.58. The van der Waals surface area contributed by atoms with Crippen LogP contribution in [0.3, 0.4) is 0 Å². The summed E-state index contributed by atoms with van der Waals surface area (Å²) in [7, 11) is 0. The Labute approximate surface area is 153 Å². The van der Waals surface area contributed by atoms with Crippen LogP contribution in [-0.4, -0.2) is 42.9 Å². The molecule has 2 atom stereocenters. The molecule has 0 aromatic heterocycles. The molecule has 0 spiro atoms. The zero-order valence-electron chi connectivity index (χ0n) is 15.1. The van der Waals surface area contributed by atoms with Gasteiger partial charge in [-0.1, -0.05) is 18.2 Å². The number of rotatable bonds is 10. The summed E-state index contributed by atoms with van der Waals surface area (Å²) in [6.45, 7) is 4.99. The van der Waals surface area contributed by atoms with Crippen molar-refractivity contribution in [2.75, 3.05) is 19.8 Å². The lowest BCUT2D eigenvalue weighted by atomic mass is 10.2. The van der Waals surface area contributed by atoms with E-state index in [1.807, 2.05) is 38.1 Å². The molecule has 0 aliphatic heterocycles. The van der Waals surface area contributed by atoms with E-state index in [1.165, 1.54) is 0 Å². The van der Waals surface area contributed by atoms with E-state index in [2.05, 4.69) is 5.32 Å². The fraction of sp³-hybridized carbons (Fsp3) is 0.350. The van der Waals surface area contributed by atoms with Crippen LogP contribution >= 0.6 is 0 Å². The topological polar surface area (TPSA) is 93.8 Å². The van der Waals surface area contributed by atoms with Crippen LogP contribution in [0.25, 0.3) is 0 Å². The Hall–Kier alpha value is -2.57. The van der Waals surface area contributed by atoms with Crippen LogP contribution in [0, 0.1) is 6.92 Å². The Morgan fingerprint density at radius 3 is 2.46 bits per heavy atom. The van der Waals surface area contributed by atoms with Gasteiger partial charge in [0.1, 0.15) is 30.8 Å². The van der Waals surface area contributed by atoms with Crippen LogP contribution in [0.2, 0.25) is 0 Å². The van der Waals surface area contributed by atoms with Gasteiger partial charge in [0, 0.05) is 18.2 Å². The number of nitrogens with two attached hydrogens (primary N) is 1. The number of para-hydroxylation sites is 1. The SMILES string of the molecule is Cc1ccccc1OC[C@@H](O)CN[C@H](C)COc1ccc(C(N)=O)cc1. The largest absolute Gasteiger partial charge is 0.492 e. The molecule has 0 aliphatic carbocycles. The maximum absolute atomic E-state index is 11.0. The Kier molecular flexibility index (Phi) is 7.44. The highest BCUT2D eigenvalue weighted by Crippen LogP contribution is 2.16. The number of hydrogen-bond donors (Lipinski definition) is 3. The van der Waals surface area contributed by atoms with E-state index in [9.17, 15) is 9.90 Å². The predicted molar refractivity (Wildman–Crippen MR) is 101 cm³/mol. The average Bonchev–Trinajstić information content (AvgIpc) is 2.64. The van der Waals surface area contributed by atoms with E-state index in [0.717, 1.165) is 11.3 Å². The van der Waals surface area contributed by atoms with Crippen molar-refractivity contribution in [1.29, 1.82) is 0 Å². The lowest BCUT2D eigenvalue weighted by molar-refractivity contribution is 0.1000. The summed E-state index contributed by atoms with van der Waals surface area (Å²) in [6, 6.07) is 14.4. The van der Waals surface area contributed by atoms with Crippen LogP contribution < -0.4 is 20.5 Å². The molecular weight excluding hydrogens is 332 g/mol. The Morgan fingerprint density at radius 2 is 1.81 bits per heavy atom. The number of primary amides is 1. The van der Waals surface area contributed by atoms with Gasteiger partial charge in [-0.2, -0.15) is 0 Å². The second kappa shape index (κ2) is 9.79. The van der Waals surface area contributed by atoms with Crippen LogP contribution in [0.5, 0.6) is 11.5 Å². The molecule has 0 radical (unpaired) electrons. The van der Waals surface area contributed by atoms with Gasteiger partial charge in [-0.05, 0) is 49.7 Å². The monoisotopic (exact) mass is 358 g/mol. The second-order valence-electron chi connectivity index (χ2n) is 6.24. The lowest BCUT2D eigenvalue weighted by Gasteiger charge is -2.18. The highest BCUT2D eigenvalue weighted by molar-refractivity contribution is 5.92. The van der Waals surface area contributed by atoms with Gasteiger partial charge in [-0.15, -0.1) is 0 Å². The number of ether oxygens (including phenoxy) is 2. The molecule has 4 N–H and O–H groups in total. The van der Waals surface area contributed by atoms with Gasteiger partial charge in [0.15, 0.2) is 0 Å². The first-order chi connectivity index (χ1) is 12.5. The number of aliphatic hydroxyl groups is 1. The molecule has 0 bridgehead atoms. The number of hydrogen-bond acceptors (Lipinski definition) is 5. The van der Waals surface area contributed by atoms with Crippen molar-refractivity contribution in [2.24, 2.45) is 5.73 Å². The molecule has 2 aromatic rings. The zero-order valence-corrected chi connectivity index (χ0v) is 15.1. The van der Waals surface area contributed by atoms with E-state index in [1.54, 1.807) is 24.3 Å². The van der Waals surface area contributed by atoms with Crippen LogP contribution in [0.15, 0.2) is 48.5 Å². The number of nitrogens with one attached hydrogen (secondary N) is 1. The number of amides is 1. The molecule has 0 saturated heterocycles. The third-order valence-electron chi connectivity index (χ3n) is 3.87. The standard InChI is InChI=1S/C20H26N2O4/c1-14-5-3-4-6-19(14)26-13-17(23)11-22-15(2)12-25-18-9-7-16(8-10-18)20(21)24/h3-10,15,17,22-23H,11-13H2,1-2H3,(H2,21,24)/t15-,17+/m1/s1. The quantitative estimate of drug-likeness (QED) is 0.603. The minimum Gasteiger partial charge on any atom is -0.492 e. The zero-order chi connectivity index (χ0) is 18.9. The summed E-state index contributed by atoms with van der Waals surface area (Å²) in [5.74, 6) is 0.975. The van der Waals surface area contributed by atoms with Gasteiger partial charge in [0.25, 0.3) is 0 Å². The van der Waals surface area contributed by atoms with Gasteiger partial charge in [0.2, 0.25) is 5.91 Å². The maximum Gasteiger partial charge on any atom is 0.248 e. The number of aryl methyl sites for hydroxylation is 1. The van der Waals surface area contributed by atoms with Crippen molar-refractivity contribution in [3.05, 3.63) is 59.7 Å². The molecule has 2 aromatic carbocycles. The molecule has 0 heterocycles. The van der Waals surface area contributed by atoms with E-state index in [4.69, 9.17) is 15.2 Å². The van der Waals surface area contributed by atoms with Crippen molar-refractivity contribution in [3.63, 3.8) is 0 Å². The van der Waals surface area contributed by atoms with Gasteiger partial charge >= 0.3 is 0 Å². The van der Waals surface area contributed by atoms with Gasteiger partial charge < -0.3 is 25.6 Å². The fourth-order valence-corrected chi connectivity index (χ4v) is 2.30. The Bertz CT molecular complexity index is 703. The van der Waals surface area contributed by atoms with Crippen molar-refractivity contribution >= 4 is 5.91 Å². The number of carbonyl (C=O) groups is 1. The summed E-state index contributed by atoms with van der Waals surface area (Å²) >= 11 is 0. The molecule has 26 heavy (non-hydrogen) atoms. The molecule has 1 amide bonds. The Morgan fingerprint density at radius 1 is 1.12 bits per heavy atom.